The zero-order valence-corrected chi connectivity index (χ0v) is 11.4. The van der Waals surface area contributed by atoms with E-state index in [2.05, 4.69) is 6.92 Å². The van der Waals surface area contributed by atoms with Gasteiger partial charge in [-0.05, 0) is 32.1 Å². The minimum Gasteiger partial charge on any atom is -0.449 e. The number of carbonyl (C=O) groups is 1. The fourth-order valence-corrected chi connectivity index (χ4v) is 2.21. The summed E-state index contributed by atoms with van der Waals surface area (Å²) < 4.78 is 5.18. The van der Waals surface area contributed by atoms with Crippen molar-refractivity contribution in [3.63, 3.8) is 0 Å². The third-order valence-corrected chi connectivity index (χ3v) is 3.57. The molecule has 106 valence electrons. The van der Waals surface area contributed by atoms with Crippen molar-refractivity contribution in [2.75, 3.05) is 26.3 Å². The Morgan fingerprint density at radius 2 is 2.06 bits per heavy atom. The monoisotopic (exact) mass is 258 g/mol. The minimum absolute atomic E-state index is 0.182. The van der Waals surface area contributed by atoms with Crippen LogP contribution < -0.4 is 5.73 Å². The third kappa shape index (κ3) is 4.82. The number of likely N-dealkylation sites (tertiary alicyclic amines) is 1. The number of nitrogens with two attached hydrogens (primary N) is 1. The number of hydrogen-bond donors (Lipinski definition) is 2. The Balaban J connectivity index is 2.27. The van der Waals surface area contributed by atoms with Crippen molar-refractivity contribution in [2.45, 2.75) is 51.0 Å². The van der Waals surface area contributed by atoms with Gasteiger partial charge < -0.3 is 20.5 Å². The van der Waals surface area contributed by atoms with Gasteiger partial charge in [0, 0.05) is 25.2 Å². The van der Waals surface area contributed by atoms with E-state index in [-0.39, 0.29) is 18.2 Å². The molecule has 1 aliphatic rings. The normalized spacial score (nSPS) is 18.7. The molecule has 0 atom stereocenters. The van der Waals surface area contributed by atoms with Crippen LogP contribution in [0.1, 0.15) is 45.4 Å². The van der Waals surface area contributed by atoms with E-state index in [1.807, 2.05) is 0 Å². The van der Waals surface area contributed by atoms with Crippen LogP contribution >= 0.6 is 0 Å². The summed E-state index contributed by atoms with van der Waals surface area (Å²) in [6.45, 7) is 4.07. The molecule has 1 saturated heterocycles. The van der Waals surface area contributed by atoms with Gasteiger partial charge in [-0.25, -0.2) is 4.79 Å². The molecule has 0 aromatic heterocycles. The zero-order chi connectivity index (χ0) is 13.4. The molecule has 3 N–H and O–H groups in total. The molecule has 0 unspecified atom stereocenters. The average molecular weight is 258 g/mol. The number of ether oxygens (including phenoxy) is 1. The molecule has 0 spiro atoms. The topological polar surface area (TPSA) is 75.8 Å². The molecule has 1 rings (SSSR count). The summed E-state index contributed by atoms with van der Waals surface area (Å²) in [5.41, 5.74) is 6.02. The Kier molecular flexibility index (Phi) is 6.43. The first kappa shape index (κ1) is 15.2. The number of amides is 1. The number of unbranched alkanes of at least 4 members (excludes halogenated alkanes) is 1. The molecule has 1 amide bonds. The summed E-state index contributed by atoms with van der Waals surface area (Å²) in [5, 5.41) is 8.83. The second-order valence-corrected chi connectivity index (χ2v) is 5.14. The van der Waals surface area contributed by atoms with Crippen LogP contribution in [-0.2, 0) is 4.74 Å². The first-order chi connectivity index (χ1) is 8.61. The molecular formula is C13H26N2O3. The largest absolute Gasteiger partial charge is 0.449 e. The van der Waals surface area contributed by atoms with Gasteiger partial charge >= 0.3 is 6.09 Å². The van der Waals surface area contributed by atoms with Crippen LogP contribution in [0.15, 0.2) is 0 Å². The van der Waals surface area contributed by atoms with E-state index in [1.54, 1.807) is 4.90 Å². The molecule has 5 nitrogen and oxygen atoms in total. The Hall–Kier alpha value is -0.810. The van der Waals surface area contributed by atoms with E-state index in [0.29, 0.717) is 19.7 Å². The van der Waals surface area contributed by atoms with Crippen LogP contribution in [0.4, 0.5) is 4.79 Å². The quantitative estimate of drug-likeness (QED) is 0.708. The van der Waals surface area contributed by atoms with E-state index in [1.165, 1.54) is 0 Å². The van der Waals surface area contributed by atoms with Gasteiger partial charge in [0.2, 0.25) is 0 Å². The second-order valence-electron chi connectivity index (χ2n) is 5.14. The molecule has 1 heterocycles. The highest BCUT2D eigenvalue weighted by atomic mass is 16.6. The van der Waals surface area contributed by atoms with Gasteiger partial charge in [0.15, 0.2) is 0 Å². The fourth-order valence-electron chi connectivity index (χ4n) is 2.21. The summed E-state index contributed by atoms with van der Waals surface area (Å²) in [4.78, 5) is 13.5. The lowest BCUT2D eigenvalue weighted by Crippen LogP contribution is -2.52. The summed E-state index contributed by atoms with van der Waals surface area (Å²) in [6, 6.07) is 0. The highest BCUT2D eigenvalue weighted by Crippen LogP contribution is 2.24. The standard InChI is InChI=1S/C13H26N2O3/c1-2-3-11-18-12(17)15-8-6-13(14,7-9-15)5-4-10-16/h16H,2-11,14H2,1H3. The summed E-state index contributed by atoms with van der Waals surface area (Å²) >= 11 is 0. The van der Waals surface area contributed by atoms with Crippen LogP contribution in [0.25, 0.3) is 0 Å². The van der Waals surface area contributed by atoms with Crippen molar-refractivity contribution in [3.8, 4) is 0 Å². The molecule has 0 radical (unpaired) electrons. The maximum atomic E-state index is 11.7. The number of rotatable bonds is 6. The van der Waals surface area contributed by atoms with Crippen molar-refractivity contribution < 1.29 is 14.6 Å². The van der Waals surface area contributed by atoms with Gasteiger partial charge in [-0.15, -0.1) is 0 Å². The van der Waals surface area contributed by atoms with E-state index >= 15 is 0 Å². The number of aliphatic hydroxyl groups is 1. The lowest BCUT2D eigenvalue weighted by Gasteiger charge is -2.38. The van der Waals surface area contributed by atoms with Crippen LogP contribution in [0.2, 0.25) is 0 Å². The molecule has 1 aliphatic heterocycles. The fraction of sp³-hybridized carbons (Fsp3) is 0.923. The van der Waals surface area contributed by atoms with Crippen LogP contribution in [0.3, 0.4) is 0 Å². The van der Waals surface area contributed by atoms with E-state index in [0.717, 1.165) is 38.5 Å². The maximum absolute atomic E-state index is 11.7. The van der Waals surface area contributed by atoms with Crippen molar-refractivity contribution in [2.24, 2.45) is 5.73 Å². The minimum atomic E-state index is -0.219. The van der Waals surface area contributed by atoms with Gasteiger partial charge in [0.1, 0.15) is 0 Å². The Bertz CT molecular complexity index is 251. The summed E-state index contributed by atoms with van der Waals surface area (Å²) in [6.07, 6.45) is 4.86. The Morgan fingerprint density at radius 3 is 2.61 bits per heavy atom. The number of hydrogen-bond acceptors (Lipinski definition) is 4. The Morgan fingerprint density at radius 1 is 1.39 bits per heavy atom. The molecular weight excluding hydrogens is 232 g/mol. The number of carbonyl (C=O) groups excluding carboxylic acids is 1. The van der Waals surface area contributed by atoms with E-state index in [4.69, 9.17) is 15.6 Å². The van der Waals surface area contributed by atoms with Crippen molar-refractivity contribution in [3.05, 3.63) is 0 Å². The zero-order valence-electron chi connectivity index (χ0n) is 11.4. The SMILES string of the molecule is CCCCOC(=O)N1CCC(N)(CCCO)CC1. The highest BCUT2D eigenvalue weighted by molar-refractivity contribution is 5.67. The lowest BCUT2D eigenvalue weighted by molar-refractivity contribution is 0.0799. The van der Waals surface area contributed by atoms with Crippen LogP contribution in [0.5, 0.6) is 0 Å². The molecule has 18 heavy (non-hydrogen) atoms. The second kappa shape index (κ2) is 7.59. The first-order valence-electron chi connectivity index (χ1n) is 6.93. The molecule has 0 aromatic rings. The van der Waals surface area contributed by atoms with Crippen molar-refractivity contribution in [1.29, 1.82) is 0 Å². The van der Waals surface area contributed by atoms with Gasteiger partial charge in [-0.1, -0.05) is 13.3 Å². The number of nitrogens with zero attached hydrogens (tertiary/aromatic N) is 1. The predicted molar refractivity (Wildman–Crippen MR) is 70.3 cm³/mol. The number of aliphatic hydroxyl groups excluding tert-OH is 1. The third-order valence-electron chi connectivity index (χ3n) is 3.57. The van der Waals surface area contributed by atoms with Gasteiger partial charge in [-0.3, -0.25) is 0 Å². The van der Waals surface area contributed by atoms with E-state index in [9.17, 15) is 4.79 Å². The van der Waals surface area contributed by atoms with Crippen LogP contribution in [-0.4, -0.2) is 47.9 Å². The maximum Gasteiger partial charge on any atom is 0.409 e. The average Bonchev–Trinajstić information content (AvgIpc) is 2.37. The molecule has 1 fully saturated rings. The molecule has 0 aliphatic carbocycles. The number of piperidine rings is 1. The molecule has 0 bridgehead atoms. The molecule has 0 saturated carbocycles. The summed E-state index contributed by atoms with van der Waals surface area (Å²) in [5.74, 6) is 0. The molecule has 0 aromatic carbocycles. The van der Waals surface area contributed by atoms with Gasteiger partial charge in [0.25, 0.3) is 0 Å². The smallest absolute Gasteiger partial charge is 0.409 e. The lowest BCUT2D eigenvalue weighted by atomic mass is 9.84. The predicted octanol–water partition coefficient (Wildman–Crippen LogP) is 1.49. The van der Waals surface area contributed by atoms with Crippen molar-refractivity contribution >= 4 is 6.09 Å². The van der Waals surface area contributed by atoms with Crippen molar-refractivity contribution in [1.82, 2.24) is 4.90 Å². The first-order valence-corrected chi connectivity index (χ1v) is 6.93. The summed E-state index contributed by atoms with van der Waals surface area (Å²) in [7, 11) is 0. The van der Waals surface area contributed by atoms with Gasteiger partial charge in [-0.2, -0.15) is 0 Å². The van der Waals surface area contributed by atoms with E-state index < -0.39 is 0 Å². The molecule has 5 heteroatoms. The Labute approximate surface area is 109 Å². The highest BCUT2D eigenvalue weighted by Gasteiger charge is 2.32. The van der Waals surface area contributed by atoms with Crippen LogP contribution in [0, 0.1) is 0 Å². The van der Waals surface area contributed by atoms with Gasteiger partial charge in [0.05, 0.1) is 6.61 Å².